The van der Waals surface area contributed by atoms with Gasteiger partial charge in [0, 0.05) is 35.3 Å². The Balaban J connectivity index is 0.00000208. The SMILES string of the molecule is CNC1CCCN(C(=O)c2occc2CSc2ccccc2)C1.Cl. The van der Waals surface area contributed by atoms with E-state index in [1.807, 2.05) is 36.2 Å². The number of likely N-dealkylation sites (N-methyl/N-ethyl adjacent to an activating group) is 1. The van der Waals surface area contributed by atoms with Crippen molar-refractivity contribution in [2.24, 2.45) is 0 Å². The molecule has 1 aromatic heterocycles. The predicted octanol–water partition coefficient (Wildman–Crippen LogP) is 3.82. The number of carbonyl (C=O) groups is 1. The molecule has 2 aromatic rings. The fourth-order valence-electron chi connectivity index (χ4n) is 2.86. The molecule has 1 fully saturated rings. The molecule has 1 aliphatic heterocycles. The molecule has 1 atom stereocenters. The normalized spacial score (nSPS) is 17.4. The summed E-state index contributed by atoms with van der Waals surface area (Å²) in [5, 5.41) is 3.27. The molecule has 0 aliphatic carbocycles. The second-order valence-corrected chi connectivity index (χ2v) is 6.80. The number of thioether (sulfide) groups is 1. The number of likely N-dealkylation sites (tertiary alicyclic amines) is 1. The van der Waals surface area contributed by atoms with E-state index in [0.717, 1.165) is 37.2 Å². The fraction of sp³-hybridized carbons (Fsp3) is 0.389. The highest BCUT2D eigenvalue weighted by Gasteiger charge is 2.27. The summed E-state index contributed by atoms with van der Waals surface area (Å²) in [4.78, 5) is 15.8. The van der Waals surface area contributed by atoms with Crippen LogP contribution in [0.3, 0.4) is 0 Å². The Bertz CT molecular complexity index is 647. The summed E-state index contributed by atoms with van der Waals surface area (Å²) < 4.78 is 5.51. The zero-order valence-corrected chi connectivity index (χ0v) is 15.4. The van der Waals surface area contributed by atoms with Crippen molar-refractivity contribution in [2.75, 3.05) is 20.1 Å². The zero-order chi connectivity index (χ0) is 16.1. The van der Waals surface area contributed by atoms with Gasteiger partial charge in [-0.3, -0.25) is 4.79 Å². The lowest BCUT2D eigenvalue weighted by atomic mass is 10.1. The molecular formula is C18H23ClN2O2S. The summed E-state index contributed by atoms with van der Waals surface area (Å²) in [6.07, 6.45) is 3.77. The molecule has 24 heavy (non-hydrogen) atoms. The minimum atomic E-state index is 0. The number of nitrogens with one attached hydrogen (secondary N) is 1. The first-order valence-electron chi connectivity index (χ1n) is 7.98. The highest BCUT2D eigenvalue weighted by atomic mass is 35.5. The van der Waals surface area contributed by atoms with Crippen molar-refractivity contribution >= 4 is 30.1 Å². The Morgan fingerprint density at radius 2 is 2.12 bits per heavy atom. The summed E-state index contributed by atoms with van der Waals surface area (Å²) in [5.41, 5.74) is 0.968. The number of benzene rings is 1. The number of amides is 1. The fourth-order valence-corrected chi connectivity index (χ4v) is 3.75. The highest BCUT2D eigenvalue weighted by molar-refractivity contribution is 7.98. The minimum Gasteiger partial charge on any atom is -0.459 e. The van der Waals surface area contributed by atoms with E-state index in [4.69, 9.17) is 4.42 Å². The average Bonchev–Trinajstić information content (AvgIpc) is 3.09. The summed E-state index contributed by atoms with van der Waals surface area (Å²) in [6, 6.07) is 12.5. The van der Waals surface area contributed by atoms with Crippen LogP contribution in [0.1, 0.15) is 29.0 Å². The summed E-state index contributed by atoms with van der Waals surface area (Å²) in [6.45, 7) is 1.56. The van der Waals surface area contributed by atoms with Gasteiger partial charge < -0.3 is 14.6 Å². The molecule has 1 unspecified atom stereocenters. The van der Waals surface area contributed by atoms with Gasteiger partial charge in [-0.05, 0) is 38.1 Å². The second-order valence-electron chi connectivity index (χ2n) is 5.76. The largest absolute Gasteiger partial charge is 0.459 e. The molecule has 0 bridgehead atoms. The van der Waals surface area contributed by atoms with Crippen LogP contribution < -0.4 is 5.32 Å². The number of rotatable bonds is 5. The molecule has 4 nitrogen and oxygen atoms in total. The molecule has 0 saturated carbocycles. The van der Waals surface area contributed by atoms with E-state index in [1.165, 1.54) is 4.90 Å². The number of hydrogen-bond donors (Lipinski definition) is 1. The number of hydrogen-bond acceptors (Lipinski definition) is 4. The summed E-state index contributed by atoms with van der Waals surface area (Å²) >= 11 is 1.72. The molecule has 6 heteroatoms. The Hall–Kier alpha value is -1.43. The van der Waals surface area contributed by atoms with Gasteiger partial charge in [-0.2, -0.15) is 0 Å². The van der Waals surface area contributed by atoms with E-state index < -0.39 is 0 Å². The smallest absolute Gasteiger partial charge is 0.289 e. The molecule has 1 aromatic carbocycles. The van der Waals surface area contributed by atoms with Crippen LogP contribution >= 0.6 is 24.2 Å². The third-order valence-electron chi connectivity index (χ3n) is 4.20. The van der Waals surface area contributed by atoms with Gasteiger partial charge in [-0.1, -0.05) is 18.2 Å². The number of furan rings is 1. The van der Waals surface area contributed by atoms with Gasteiger partial charge in [0.15, 0.2) is 5.76 Å². The van der Waals surface area contributed by atoms with Crippen LogP contribution in [0.15, 0.2) is 52.0 Å². The summed E-state index contributed by atoms with van der Waals surface area (Å²) in [7, 11) is 1.95. The van der Waals surface area contributed by atoms with Gasteiger partial charge in [0.25, 0.3) is 5.91 Å². The highest BCUT2D eigenvalue weighted by Crippen LogP contribution is 2.26. The monoisotopic (exact) mass is 366 g/mol. The third-order valence-corrected chi connectivity index (χ3v) is 5.26. The lowest BCUT2D eigenvalue weighted by Crippen LogP contribution is -2.47. The maximum absolute atomic E-state index is 12.7. The molecule has 130 valence electrons. The Morgan fingerprint density at radius 3 is 2.88 bits per heavy atom. The Labute approximate surface area is 153 Å². The van der Waals surface area contributed by atoms with Gasteiger partial charge >= 0.3 is 0 Å². The van der Waals surface area contributed by atoms with Gasteiger partial charge in [-0.15, -0.1) is 24.2 Å². The molecule has 2 heterocycles. The first-order valence-corrected chi connectivity index (χ1v) is 8.97. The maximum Gasteiger partial charge on any atom is 0.289 e. The quantitative estimate of drug-likeness (QED) is 0.817. The molecule has 1 saturated heterocycles. The van der Waals surface area contributed by atoms with Gasteiger partial charge in [0.2, 0.25) is 0 Å². The van der Waals surface area contributed by atoms with Crippen LogP contribution in [0, 0.1) is 0 Å². The van der Waals surface area contributed by atoms with Crippen molar-refractivity contribution in [1.29, 1.82) is 0 Å². The number of nitrogens with zero attached hydrogens (tertiary/aromatic N) is 1. The van der Waals surface area contributed by atoms with Gasteiger partial charge in [0.1, 0.15) is 0 Å². The van der Waals surface area contributed by atoms with Crippen molar-refractivity contribution in [3.05, 3.63) is 54.0 Å². The summed E-state index contributed by atoms with van der Waals surface area (Å²) in [5.74, 6) is 1.24. The minimum absolute atomic E-state index is 0. The van der Waals surface area contributed by atoms with E-state index >= 15 is 0 Å². The van der Waals surface area contributed by atoms with E-state index in [-0.39, 0.29) is 18.3 Å². The van der Waals surface area contributed by atoms with E-state index in [2.05, 4.69) is 17.4 Å². The van der Waals surface area contributed by atoms with Crippen LogP contribution in [-0.2, 0) is 5.75 Å². The zero-order valence-electron chi connectivity index (χ0n) is 13.7. The van der Waals surface area contributed by atoms with Crippen molar-refractivity contribution in [2.45, 2.75) is 29.5 Å². The van der Waals surface area contributed by atoms with Crippen LogP contribution in [0.4, 0.5) is 0 Å². The van der Waals surface area contributed by atoms with E-state index in [1.54, 1.807) is 18.0 Å². The van der Waals surface area contributed by atoms with Crippen molar-refractivity contribution < 1.29 is 9.21 Å². The van der Waals surface area contributed by atoms with Crippen molar-refractivity contribution in [1.82, 2.24) is 10.2 Å². The lowest BCUT2D eigenvalue weighted by Gasteiger charge is -2.32. The van der Waals surface area contributed by atoms with Gasteiger partial charge in [-0.25, -0.2) is 0 Å². The standard InChI is InChI=1S/C18H22N2O2S.ClH/c1-19-15-6-5-10-20(12-15)18(21)17-14(9-11-22-17)13-23-16-7-3-2-4-8-16;/h2-4,7-9,11,15,19H,5-6,10,12-13H2,1H3;1H. The molecule has 1 amide bonds. The number of halogens is 1. The van der Waals surface area contributed by atoms with E-state index in [9.17, 15) is 4.79 Å². The van der Waals surface area contributed by atoms with E-state index in [0.29, 0.717) is 11.8 Å². The Kier molecular flexibility index (Phi) is 7.21. The topological polar surface area (TPSA) is 45.5 Å². The molecule has 3 rings (SSSR count). The molecule has 1 aliphatic rings. The third kappa shape index (κ3) is 4.56. The number of piperidine rings is 1. The van der Waals surface area contributed by atoms with Crippen LogP contribution in [0.2, 0.25) is 0 Å². The van der Waals surface area contributed by atoms with Crippen LogP contribution in [0.5, 0.6) is 0 Å². The number of carbonyl (C=O) groups excluding carboxylic acids is 1. The molecule has 1 N–H and O–H groups in total. The van der Waals surface area contributed by atoms with Crippen molar-refractivity contribution in [3.63, 3.8) is 0 Å². The first kappa shape index (κ1) is 18.9. The first-order chi connectivity index (χ1) is 11.3. The van der Waals surface area contributed by atoms with Crippen LogP contribution in [-0.4, -0.2) is 37.0 Å². The van der Waals surface area contributed by atoms with Crippen LogP contribution in [0.25, 0.3) is 0 Å². The lowest BCUT2D eigenvalue weighted by molar-refractivity contribution is 0.0665. The molecular weight excluding hydrogens is 344 g/mol. The molecule has 0 radical (unpaired) electrons. The van der Waals surface area contributed by atoms with Crippen molar-refractivity contribution in [3.8, 4) is 0 Å². The molecule has 0 spiro atoms. The predicted molar refractivity (Wildman–Crippen MR) is 99.9 cm³/mol. The van der Waals surface area contributed by atoms with Gasteiger partial charge in [0.05, 0.1) is 6.26 Å². The second kappa shape index (κ2) is 9.16. The maximum atomic E-state index is 12.7. The average molecular weight is 367 g/mol. The Morgan fingerprint density at radius 1 is 1.33 bits per heavy atom.